The van der Waals surface area contributed by atoms with Crippen LogP contribution < -0.4 is 25.4 Å². The Kier molecular flexibility index (Phi) is 9.70. The average Bonchev–Trinajstić information content (AvgIpc) is 3.53. The van der Waals surface area contributed by atoms with E-state index in [9.17, 15) is 18.4 Å². The number of carbonyl (C=O) groups is 2. The van der Waals surface area contributed by atoms with Crippen molar-refractivity contribution >= 4 is 41.2 Å². The first-order valence-electron chi connectivity index (χ1n) is 14.2. The van der Waals surface area contributed by atoms with Crippen molar-refractivity contribution in [3.63, 3.8) is 0 Å². The standard InChI is InChI=1S/C32H34F2N4O5S/c1-19(36-31(40)32(2,33)34)29(20-6-7-22-16-41-18-42-28(22)14-20)43-26-8-9-27(23(13-26)15-35)37-24-5-3-4-21(12-24)30(39)38-25-10-11-44-17-25/h3-9,12-15,19,25,29,35,37H,10-11,16-18H2,1-2H3,(H,36,40)(H,38,39)/t19-,25?,29-/m0/s1. The van der Waals surface area contributed by atoms with Crippen molar-refractivity contribution < 1.29 is 32.6 Å². The van der Waals surface area contributed by atoms with Crippen LogP contribution in [0.1, 0.15) is 53.4 Å². The molecule has 0 saturated carbocycles. The Hall–Kier alpha value is -4.16. The number of anilines is 2. The van der Waals surface area contributed by atoms with E-state index in [4.69, 9.17) is 19.6 Å². The topological polar surface area (TPSA) is 122 Å². The summed E-state index contributed by atoms with van der Waals surface area (Å²) in [6.07, 6.45) is 1.25. The Morgan fingerprint density at radius 3 is 2.75 bits per heavy atom. The van der Waals surface area contributed by atoms with Crippen LogP contribution in [0.25, 0.3) is 0 Å². The molecule has 0 aliphatic carbocycles. The lowest BCUT2D eigenvalue weighted by atomic mass is 10.00. The van der Waals surface area contributed by atoms with E-state index >= 15 is 0 Å². The maximum absolute atomic E-state index is 13.7. The third-order valence-corrected chi connectivity index (χ3v) is 8.46. The predicted molar refractivity (Wildman–Crippen MR) is 166 cm³/mol. The molecule has 0 radical (unpaired) electrons. The number of amides is 2. The van der Waals surface area contributed by atoms with Gasteiger partial charge >= 0.3 is 5.92 Å². The summed E-state index contributed by atoms with van der Waals surface area (Å²) in [7, 11) is 0. The van der Waals surface area contributed by atoms with E-state index in [1.54, 1.807) is 61.5 Å². The van der Waals surface area contributed by atoms with Crippen LogP contribution in [0, 0.1) is 5.41 Å². The maximum Gasteiger partial charge on any atom is 0.321 e. The van der Waals surface area contributed by atoms with Gasteiger partial charge in [-0.25, -0.2) is 0 Å². The summed E-state index contributed by atoms with van der Waals surface area (Å²) in [5.41, 5.74) is 3.71. The number of halogens is 2. The van der Waals surface area contributed by atoms with Crippen molar-refractivity contribution in [3.05, 3.63) is 82.9 Å². The van der Waals surface area contributed by atoms with Crippen LogP contribution in [0.5, 0.6) is 11.5 Å². The van der Waals surface area contributed by atoms with Crippen LogP contribution in [-0.2, 0) is 16.1 Å². The summed E-state index contributed by atoms with van der Waals surface area (Å²) >= 11 is 1.82. The van der Waals surface area contributed by atoms with E-state index < -0.39 is 24.0 Å². The number of benzene rings is 3. The molecular weight excluding hydrogens is 590 g/mol. The Balaban J connectivity index is 1.36. The van der Waals surface area contributed by atoms with Gasteiger partial charge in [0.05, 0.1) is 12.6 Å². The number of hydrogen-bond acceptors (Lipinski definition) is 8. The number of hydrogen-bond donors (Lipinski definition) is 4. The largest absolute Gasteiger partial charge is 0.484 e. The lowest BCUT2D eigenvalue weighted by molar-refractivity contribution is -0.144. The average molecular weight is 625 g/mol. The molecule has 1 unspecified atom stereocenters. The fourth-order valence-electron chi connectivity index (χ4n) is 4.93. The van der Waals surface area contributed by atoms with Crippen LogP contribution in [0.4, 0.5) is 20.2 Å². The zero-order valence-corrected chi connectivity index (χ0v) is 25.1. The molecule has 2 amide bonds. The molecule has 0 aromatic heterocycles. The summed E-state index contributed by atoms with van der Waals surface area (Å²) < 4.78 is 44.7. The van der Waals surface area contributed by atoms with Crippen molar-refractivity contribution in [1.82, 2.24) is 10.6 Å². The Morgan fingerprint density at radius 2 is 2.00 bits per heavy atom. The lowest BCUT2D eigenvalue weighted by Gasteiger charge is -2.29. The summed E-state index contributed by atoms with van der Waals surface area (Å²) in [6, 6.07) is 16.8. The molecule has 5 rings (SSSR count). The summed E-state index contributed by atoms with van der Waals surface area (Å²) in [5, 5.41) is 16.7. The van der Waals surface area contributed by atoms with E-state index in [1.807, 2.05) is 17.8 Å². The molecule has 1 saturated heterocycles. The van der Waals surface area contributed by atoms with E-state index in [-0.39, 0.29) is 18.7 Å². The van der Waals surface area contributed by atoms with Gasteiger partial charge in [-0.2, -0.15) is 20.5 Å². The van der Waals surface area contributed by atoms with Crippen LogP contribution in [-0.4, -0.2) is 54.3 Å². The third-order valence-electron chi connectivity index (χ3n) is 7.30. The Labute approximate surface area is 258 Å². The molecule has 2 aliphatic heterocycles. The SMILES string of the molecule is C[C@H](NC(=O)C(C)(F)F)[C@H](Oc1ccc(Nc2cccc(C(=O)NC3CCSC3)c2)c(C=N)c1)c1ccc2c(c1)OCOC2. The minimum absolute atomic E-state index is 0.0841. The van der Waals surface area contributed by atoms with E-state index in [1.165, 1.54) is 0 Å². The van der Waals surface area contributed by atoms with Crippen molar-refractivity contribution in [2.75, 3.05) is 23.6 Å². The van der Waals surface area contributed by atoms with Gasteiger partial charge in [0.25, 0.3) is 11.8 Å². The fourth-order valence-corrected chi connectivity index (χ4v) is 6.08. The van der Waals surface area contributed by atoms with Gasteiger partial charge in [-0.3, -0.25) is 9.59 Å². The highest BCUT2D eigenvalue weighted by molar-refractivity contribution is 7.99. The molecule has 232 valence electrons. The van der Waals surface area contributed by atoms with E-state index in [0.717, 1.165) is 29.7 Å². The van der Waals surface area contributed by atoms with Crippen molar-refractivity contribution in [2.24, 2.45) is 0 Å². The molecule has 44 heavy (non-hydrogen) atoms. The molecule has 3 atom stereocenters. The van der Waals surface area contributed by atoms with Crippen molar-refractivity contribution in [2.45, 2.75) is 51.0 Å². The second kappa shape index (κ2) is 13.6. The van der Waals surface area contributed by atoms with Gasteiger partial charge < -0.3 is 35.6 Å². The van der Waals surface area contributed by atoms with Gasteiger partial charge in [0.2, 0.25) is 0 Å². The Bertz CT molecular complexity index is 1530. The fraction of sp³-hybridized carbons (Fsp3) is 0.344. The van der Waals surface area contributed by atoms with Gasteiger partial charge in [-0.15, -0.1) is 0 Å². The van der Waals surface area contributed by atoms with Crippen LogP contribution >= 0.6 is 11.8 Å². The van der Waals surface area contributed by atoms with Crippen LogP contribution in [0.2, 0.25) is 0 Å². The first-order chi connectivity index (χ1) is 21.1. The number of rotatable bonds is 11. The zero-order chi connectivity index (χ0) is 31.3. The second-order valence-corrected chi connectivity index (χ2v) is 11.9. The van der Waals surface area contributed by atoms with Gasteiger partial charge in [0.1, 0.15) is 17.6 Å². The molecule has 2 heterocycles. The minimum Gasteiger partial charge on any atom is -0.484 e. The van der Waals surface area contributed by atoms with E-state index in [0.29, 0.717) is 53.1 Å². The summed E-state index contributed by atoms with van der Waals surface area (Å²) in [5.74, 6) is -2.23. The molecule has 9 nitrogen and oxygen atoms in total. The highest BCUT2D eigenvalue weighted by Gasteiger charge is 2.35. The zero-order valence-electron chi connectivity index (χ0n) is 24.3. The number of ether oxygens (including phenoxy) is 3. The quantitative estimate of drug-likeness (QED) is 0.199. The molecule has 2 aliphatic rings. The molecule has 3 aromatic rings. The Morgan fingerprint density at radius 1 is 1.16 bits per heavy atom. The molecular formula is C32H34F2N4O5S. The molecule has 4 N–H and O–H groups in total. The highest BCUT2D eigenvalue weighted by Crippen LogP contribution is 2.33. The third kappa shape index (κ3) is 7.67. The molecule has 0 spiro atoms. The van der Waals surface area contributed by atoms with Gasteiger partial charge in [0.15, 0.2) is 6.79 Å². The molecule has 12 heteroatoms. The van der Waals surface area contributed by atoms with Gasteiger partial charge in [-0.1, -0.05) is 18.2 Å². The minimum atomic E-state index is -3.57. The lowest BCUT2D eigenvalue weighted by Crippen LogP contribution is -2.46. The van der Waals surface area contributed by atoms with Crippen LogP contribution in [0.15, 0.2) is 60.7 Å². The highest BCUT2D eigenvalue weighted by atomic mass is 32.2. The second-order valence-electron chi connectivity index (χ2n) is 10.8. The van der Waals surface area contributed by atoms with Crippen LogP contribution in [0.3, 0.4) is 0 Å². The first kappa shape index (κ1) is 31.3. The van der Waals surface area contributed by atoms with E-state index in [2.05, 4.69) is 16.0 Å². The number of fused-ring (bicyclic) bond motifs is 1. The van der Waals surface area contributed by atoms with Gasteiger partial charge in [0, 0.05) is 53.0 Å². The molecule has 1 fully saturated rings. The number of thioether (sulfide) groups is 1. The monoisotopic (exact) mass is 624 g/mol. The number of carbonyl (C=O) groups excluding carboxylic acids is 2. The van der Waals surface area contributed by atoms with Gasteiger partial charge in [-0.05, 0) is 67.1 Å². The number of nitrogens with one attached hydrogen (secondary N) is 4. The summed E-state index contributed by atoms with van der Waals surface area (Å²) in [4.78, 5) is 24.9. The molecule has 3 aromatic carbocycles. The number of alkyl halides is 2. The summed E-state index contributed by atoms with van der Waals surface area (Å²) in [6.45, 7) is 2.58. The normalized spacial score (nSPS) is 17.4. The van der Waals surface area contributed by atoms with Crippen molar-refractivity contribution in [3.8, 4) is 11.5 Å². The maximum atomic E-state index is 13.7. The smallest absolute Gasteiger partial charge is 0.321 e. The van der Waals surface area contributed by atoms with Crippen molar-refractivity contribution in [1.29, 1.82) is 5.41 Å². The predicted octanol–water partition coefficient (Wildman–Crippen LogP) is 5.81. The molecule has 0 bridgehead atoms. The first-order valence-corrected chi connectivity index (χ1v) is 15.3.